The number of ether oxygens (including phenoxy) is 1. The molecule has 1 aliphatic heterocycles. The van der Waals surface area contributed by atoms with Gasteiger partial charge >= 0.3 is 64.8 Å². The van der Waals surface area contributed by atoms with Crippen LogP contribution in [-0.2, 0) is 22.7 Å². The number of hydrogen-bond donors (Lipinski definition) is 3. The Morgan fingerprint density at radius 3 is 2.52 bits per heavy atom. The molecule has 5 atom stereocenters. The summed E-state index contributed by atoms with van der Waals surface area (Å²) in [6.45, 7) is 0.622. The van der Waals surface area contributed by atoms with E-state index in [1.807, 2.05) is 4.98 Å². The Morgan fingerprint density at radius 2 is 1.96 bits per heavy atom. The van der Waals surface area contributed by atoms with Crippen LogP contribution in [0.25, 0.3) is 0 Å². The molecule has 0 spiro atoms. The van der Waals surface area contributed by atoms with E-state index in [4.69, 9.17) is 9.63 Å². The zero-order valence-corrected chi connectivity index (χ0v) is 20.4. The maximum Gasteiger partial charge on any atom is 1.00 e. The molecule has 13 nitrogen and oxygen atoms in total. The van der Waals surface area contributed by atoms with Gasteiger partial charge in [0.2, 0.25) is 0 Å². The van der Waals surface area contributed by atoms with Crippen molar-refractivity contribution in [2.24, 2.45) is 0 Å². The zero-order chi connectivity index (χ0) is 19.0. The van der Waals surface area contributed by atoms with Gasteiger partial charge < -0.3 is 29.0 Å². The average Bonchev–Trinajstić information content (AvgIpc) is 2.79. The molecule has 2 unspecified atom stereocenters. The topological polar surface area (TPSA) is 203 Å². The van der Waals surface area contributed by atoms with Crippen molar-refractivity contribution in [3.05, 3.63) is 32.6 Å². The molecule has 2 rings (SSSR count). The molecule has 0 radical (unpaired) electrons. The van der Waals surface area contributed by atoms with E-state index in [2.05, 4.69) is 8.83 Å². The van der Waals surface area contributed by atoms with E-state index >= 15 is 0 Å². The first-order valence-corrected chi connectivity index (χ1v) is 9.70. The first kappa shape index (κ1) is 27.9. The molecule has 1 saturated heterocycles. The number of nitrogens with one attached hydrogen (secondary N) is 1. The minimum atomic E-state index is -5.57. The minimum Gasteiger partial charge on any atom is -0.756 e. The van der Waals surface area contributed by atoms with Crippen LogP contribution in [0, 0.1) is 6.92 Å². The fraction of sp³-hybridized carbons (Fsp3) is 0.600. The van der Waals surface area contributed by atoms with Crippen LogP contribution in [0.5, 0.6) is 0 Å². The molecule has 0 aromatic carbocycles. The Kier molecular flexibility index (Phi) is 11.1. The molecule has 3 N–H and O–H groups in total. The normalized spacial score (nSPS) is 26.3. The number of aromatic amines is 1. The van der Waals surface area contributed by atoms with E-state index in [0.29, 0.717) is 0 Å². The maximum absolute atomic E-state index is 11.8. The molecule has 0 saturated carbocycles. The van der Waals surface area contributed by atoms with Crippen LogP contribution in [0.15, 0.2) is 15.8 Å². The molecule has 17 heteroatoms. The van der Waals surface area contributed by atoms with Gasteiger partial charge in [-0.05, 0) is 6.92 Å². The molecule has 142 valence electrons. The first-order valence-electron chi connectivity index (χ1n) is 6.74. The standard InChI is InChI=1S/C10H16N2O11P2.2Na/c1-5-3-12(10(15)11-9(5)14)8-2-6(13)7(22-8)4-21-25(19,20)23-24(16,17)18;;/h3,6-8,13H,2,4H2,1H3,(H,19,20)(H,11,14,15)(H2,16,17,18);;/q;2*+1/p-2/t6-,7+,8+;;/m0../s1. The average molecular weight is 446 g/mol. The van der Waals surface area contributed by atoms with Crippen molar-refractivity contribution >= 4 is 15.6 Å². The van der Waals surface area contributed by atoms with Gasteiger partial charge in [-0.1, -0.05) is 0 Å². The number of H-pyrrole nitrogens is 1. The summed E-state index contributed by atoms with van der Waals surface area (Å²) in [4.78, 5) is 55.1. The smallest absolute Gasteiger partial charge is 0.756 e. The number of hydrogen-bond acceptors (Lipinski definition) is 10. The number of nitrogens with zero attached hydrogens (tertiary/aromatic N) is 1. The zero-order valence-electron chi connectivity index (χ0n) is 14.6. The predicted molar refractivity (Wildman–Crippen MR) is 75.1 cm³/mol. The van der Waals surface area contributed by atoms with Crippen LogP contribution in [0.1, 0.15) is 18.2 Å². The molecular weight excluding hydrogens is 432 g/mol. The third-order valence-electron chi connectivity index (χ3n) is 3.26. The maximum atomic E-state index is 11.8. The summed E-state index contributed by atoms with van der Waals surface area (Å²) in [6, 6.07) is 0. The molecule has 1 aromatic rings. The number of aliphatic hydroxyl groups is 1. The van der Waals surface area contributed by atoms with Gasteiger partial charge in [0.1, 0.15) is 12.3 Å². The van der Waals surface area contributed by atoms with Crippen LogP contribution in [0.3, 0.4) is 0 Å². The quantitative estimate of drug-likeness (QED) is 0.277. The van der Waals surface area contributed by atoms with Gasteiger partial charge in [0.05, 0.1) is 12.7 Å². The first-order chi connectivity index (χ1) is 11.4. The van der Waals surface area contributed by atoms with Gasteiger partial charge in [-0.25, -0.2) is 9.11 Å². The van der Waals surface area contributed by atoms with Crippen LogP contribution < -0.4 is 80.2 Å². The Bertz CT molecular complexity index is 852. The molecule has 2 heterocycles. The second kappa shape index (κ2) is 10.8. The van der Waals surface area contributed by atoms with Gasteiger partial charge in [0, 0.05) is 18.2 Å². The predicted octanol–water partition coefficient (Wildman–Crippen LogP) is -8.54. The van der Waals surface area contributed by atoms with Gasteiger partial charge in [0.25, 0.3) is 21.2 Å². The Morgan fingerprint density at radius 1 is 1.37 bits per heavy atom. The van der Waals surface area contributed by atoms with Gasteiger partial charge in [0.15, 0.2) is 0 Å². The third-order valence-corrected chi connectivity index (χ3v) is 5.35. The second-order valence-electron chi connectivity index (χ2n) is 5.20. The molecule has 0 aliphatic carbocycles. The molecule has 0 amide bonds. The van der Waals surface area contributed by atoms with E-state index in [9.17, 15) is 33.6 Å². The van der Waals surface area contributed by atoms with Crippen molar-refractivity contribution in [2.45, 2.75) is 31.8 Å². The number of aliphatic hydroxyl groups excluding tert-OH is 1. The molecular formula is C10H14N2Na2O11P2. The van der Waals surface area contributed by atoms with E-state index in [1.165, 1.54) is 13.1 Å². The second-order valence-corrected chi connectivity index (χ2v) is 7.95. The van der Waals surface area contributed by atoms with Gasteiger partial charge in [-0.3, -0.25) is 23.5 Å². The van der Waals surface area contributed by atoms with Crippen LogP contribution in [0.2, 0.25) is 0 Å². The summed E-state index contributed by atoms with van der Waals surface area (Å²) in [5.41, 5.74) is -1.17. The van der Waals surface area contributed by atoms with Crippen molar-refractivity contribution in [3.8, 4) is 0 Å². The Hall–Kier alpha value is 0.860. The number of aromatic nitrogens is 2. The summed E-state index contributed by atoms with van der Waals surface area (Å²) in [5.74, 6) is 0. The van der Waals surface area contributed by atoms with Crippen molar-refractivity contribution < 1.29 is 102 Å². The van der Waals surface area contributed by atoms with E-state index in [1.54, 1.807) is 0 Å². The fourth-order valence-electron chi connectivity index (χ4n) is 2.15. The van der Waals surface area contributed by atoms with Crippen LogP contribution in [-0.4, -0.2) is 38.4 Å². The molecule has 1 fully saturated rings. The van der Waals surface area contributed by atoms with Gasteiger partial charge in [-0.15, -0.1) is 0 Å². The number of phosphoric acid groups is 2. The Balaban J connectivity index is 0.00000338. The summed E-state index contributed by atoms with van der Waals surface area (Å²) in [7, 11) is -11.0. The van der Waals surface area contributed by atoms with Crippen LogP contribution >= 0.6 is 15.6 Å². The fourth-order valence-corrected chi connectivity index (χ4v) is 3.68. The molecule has 1 aromatic heterocycles. The number of phosphoric ester groups is 1. The van der Waals surface area contributed by atoms with Crippen molar-refractivity contribution in [2.75, 3.05) is 6.61 Å². The number of aryl methyl sites for hydroxylation is 1. The Labute approximate surface area is 196 Å². The van der Waals surface area contributed by atoms with Crippen molar-refractivity contribution in [3.63, 3.8) is 0 Å². The monoisotopic (exact) mass is 446 g/mol. The minimum absolute atomic E-state index is 0. The van der Waals surface area contributed by atoms with E-state index in [-0.39, 0.29) is 71.1 Å². The van der Waals surface area contributed by atoms with Gasteiger partial charge in [-0.2, -0.15) is 0 Å². The van der Waals surface area contributed by atoms with Crippen molar-refractivity contribution in [1.82, 2.24) is 9.55 Å². The molecule has 0 bridgehead atoms. The number of rotatable bonds is 6. The van der Waals surface area contributed by atoms with Crippen molar-refractivity contribution in [1.29, 1.82) is 0 Å². The summed E-state index contributed by atoms with van der Waals surface area (Å²) < 4.78 is 35.5. The van der Waals surface area contributed by atoms with Crippen LogP contribution in [0.4, 0.5) is 0 Å². The summed E-state index contributed by atoms with van der Waals surface area (Å²) >= 11 is 0. The van der Waals surface area contributed by atoms with E-state index < -0.39 is 51.9 Å². The largest absolute Gasteiger partial charge is 1.00 e. The third kappa shape index (κ3) is 8.25. The molecule has 1 aliphatic rings. The van der Waals surface area contributed by atoms with E-state index in [0.717, 1.165) is 4.57 Å². The summed E-state index contributed by atoms with van der Waals surface area (Å²) in [5, 5.41) is 9.87. The summed E-state index contributed by atoms with van der Waals surface area (Å²) in [6.07, 6.45) is -2.41. The molecule has 27 heavy (non-hydrogen) atoms. The SMILES string of the molecule is Cc1cn([C@H]2C[C@H](O)[C@@H](COP(=O)([O-])OP(=O)([O-])O)O2)c(=O)[nH]c1=O.[Na+].[Na+].